The Kier molecular flexibility index (Phi) is 9.12. The number of nitrogens with one attached hydrogen (secondary N) is 2. The number of likely N-dealkylation sites (N-methyl/N-ethyl adjacent to an activating group) is 1. The maximum atomic E-state index is 11.2. The van der Waals surface area contributed by atoms with Crippen LogP contribution in [0.1, 0.15) is 19.8 Å². The molecule has 6 N–H and O–H groups in total. The molecule has 6 heteroatoms. The van der Waals surface area contributed by atoms with Crippen LogP contribution >= 0.6 is 0 Å². The van der Waals surface area contributed by atoms with Crippen molar-refractivity contribution >= 4 is 5.91 Å². The molecule has 0 saturated carbocycles. The zero-order valence-corrected chi connectivity index (χ0v) is 9.78. The fourth-order valence-electron chi connectivity index (χ4n) is 1.25. The number of amides is 1. The van der Waals surface area contributed by atoms with E-state index in [0.717, 1.165) is 6.42 Å². The Bertz CT molecular complexity index is 186. The van der Waals surface area contributed by atoms with Crippen molar-refractivity contribution in [1.82, 2.24) is 10.6 Å². The summed E-state index contributed by atoms with van der Waals surface area (Å²) in [7, 11) is 0. The molecule has 0 aromatic rings. The first-order valence-corrected chi connectivity index (χ1v) is 5.64. The van der Waals surface area contributed by atoms with Gasteiger partial charge in [0.05, 0.1) is 25.3 Å². The SMILES string of the molecule is CCNC(=O)C(N)CCCNC(CO)CO. The Hall–Kier alpha value is -0.690. The average Bonchev–Trinajstić information content (AvgIpc) is 2.29. The van der Waals surface area contributed by atoms with Crippen molar-refractivity contribution in [2.45, 2.75) is 31.8 Å². The molecule has 0 rings (SSSR count). The minimum Gasteiger partial charge on any atom is -0.395 e. The van der Waals surface area contributed by atoms with Gasteiger partial charge < -0.3 is 26.6 Å². The second kappa shape index (κ2) is 9.53. The van der Waals surface area contributed by atoms with Crippen molar-refractivity contribution in [3.8, 4) is 0 Å². The number of nitrogens with two attached hydrogens (primary N) is 1. The summed E-state index contributed by atoms with van der Waals surface area (Å²) in [5.74, 6) is -0.136. The Morgan fingerprint density at radius 2 is 2.00 bits per heavy atom. The van der Waals surface area contributed by atoms with Crippen molar-refractivity contribution in [1.29, 1.82) is 0 Å². The van der Waals surface area contributed by atoms with Gasteiger partial charge >= 0.3 is 0 Å². The van der Waals surface area contributed by atoms with Crippen LogP contribution in [-0.4, -0.2) is 54.5 Å². The Morgan fingerprint density at radius 3 is 2.50 bits per heavy atom. The van der Waals surface area contributed by atoms with E-state index in [1.165, 1.54) is 0 Å². The Balaban J connectivity index is 3.54. The molecule has 1 amide bonds. The third-order valence-corrected chi connectivity index (χ3v) is 2.25. The molecule has 1 atom stereocenters. The van der Waals surface area contributed by atoms with Gasteiger partial charge in [0, 0.05) is 6.54 Å². The van der Waals surface area contributed by atoms with Crippen LogP contribution in [-0.2, 0) is 4.79 Å². The molecule has 96 valence electrons. The fraction of sp³-hybridized carbons (Fsp3) is 0.900. The maximum absolute atomic E-state index is 11.2. The monoisotopic (exact) mass is 233 g/mol. The van der Waals surface area contributed by atoms with Crippen LogP contribution < -0.4 is 16.4 Å². The highest BCUT2D eigenvalue weighted by Crippen LogP contribution is 1.94. The highest BCUT2D eigenvalue weighted by Gasteiger charge is 2.11. The quantitative estimate of drug-likeness (QED) is 0.301. The predicted octanol–water partition coefficient (Wildman–Crippen LogP) is -1.83. The first-order valence-electron chi connectivity index (χ1n) is 5.64. The molecule has 0 aliphatic rings. The molecular formula is C10H23N3O3. The van der Waals surface area contributed by atoms with Gasteiger partial charge in [-0.1, -0.05) is 0 Å². The first kappa shape index (κ1) is 15.3. The van der Waals surface area contributed by atoms with Gasteiger partial charge in [-0.3, -0.25) is 4.79 Å². The molecule has 0 aromatic carbocycles. The van der Waals surface area contributed by atoms with Crippen LogP contribution in [0.25, 0.3) is 0 Å². The fourth-order valence-corrected chi connectivity index (χ4v) is 1.25. The van der Waals surface area contributed by atoms with E-state index in [-0.39, 0.29) is 25.2 Å². The van der Waals surface area contributed by atoms with Crippen LogP contribution in [0.3, 0.4) is 0 Å². The summed E-state index contributed by atoms with van der Waals surface area (Å²) in [4.78, 5) is 11.2. The highest BCUT2D eigenvalue weighted by molar-refractivity contribution is 5.81. The lowest BCUT2D eigenvalue weighted by atomic mass is 10.1. The van der Waals surface area contributed by atoms with Crippen molar-refractivity contribution < 1.29 is 15.0 Å². The molecule has 0 spiro atoms. The summed E-state index contributed by atoms with van der Waals surface area (Å²) in [5, 5.41) is 23.2. The van der Waals surface area contributed by atoms with E-state index in [2.05, 4.69) is 10.6 Å². The number of aliphatic hydroxyl groups is 2. The highest BCUT2D eigenvalue weighted by atomic mass is 16.3. The summed E-state index contributed by atoms with van der Waals surface area (Å²) in [6.07, 6.45) is 1.32. The number of hydrogen-bond donors (Lipinski definition) is 5. The van der Waals surface area contributed by atoms with Gasteiger partial charge in [0.15, 0.2) is 0 Å². The molecule has 0 saturated heterocycles. The second-order valence-corrected chi connectivity index (χ2v) is 3.66. The minimum absolute atomic E-state index is 0.0983. The molecule has 0 heterocycles. The van der Waals surface area contributed by atoms with Crippen LogP contribution in [0.2, 0.25) is 0 Å². The summed E-state index contributed by atoms with van der Waals surface area (Å²) in [5.41, 5.74) is 5.65. The smallest absolute Gasteiger partial charge is 0.236 e. The topological polar surface area (TPSA) is 108 Å². The zero-order valence-electron chi connectivity index (χ0n) is 9.78. The van der Waals surface area contributed by atoms with Gasteiger partial charge in [-0.25, -0.2) is 0 Å². The molecule has 0 aliphatic carbocycles. The molecular weight excluding hydrogens is 210 g/mol. The van der Waals surface area contributed by atoms with E-state index in [0.29, 0.717) is 19.5 Å². The van der Waals surface area contributed by atoms with Crippen LogP contribution in [0.5, 0.6) is 0 Å². The number of rotatable bonds is 9. The third kappa shape index (κ3) is 6.73. The van der Waals surface area contributed by atoms with Gasteiger partial charge in [-0.15, -0.1) is 0 Å². The van der Waals surface area contributed by atoms with Crippen molar-refractivity contribution in [2.75, 3.05) is 26.3 Å². The van der Waals surface area contributed by atoms with Gasteiger partial charge in [-0.05, 0) is 26.3 Å². The lowest BCUT2D eigenvalue weighted by Crippen LogP contribution is -2.41. The average molecular weight is 233 g/mol. The van der Waals surface area contributed by atoms with Crippen molar-refractivity contribution in [2.24, 2.45) is 5.73 Å². The zero-order chi connectivity index (χ0) is 12.4. The summed E-state index contributed by atoms with van der Waals surface area (Å²) in [6.45, 7) is 2.86. The lowest BCUT2D eigenvalue weighted by Gasteiger charge is -2.14. The number of carbonyl (C=O) groups is 1. The van der Waals surface area contributed by atoms with Gasteiger partial charge in [0.1, 0.15) is 0 Å². The third-order valence-electron chi connectivity index (χ3n) is 2.25. The molecule has 1 unspecified atom stereocenters. The number of aliphatic hydroxyl groups excluding tert-OH is 2. The summed E-state index contributed by atoms with van der Waals surface area (Å²) in [6, 6.07) is -0.774. The van der Waals surface area contributed by atoms with Crippen LogP contribution in [0.4, 0.5) is 0 Å². The van der Waals surface area contributed by atoms with E-state index in [9.17, 15) is 4.79 Å². The van der Waals surface area contributed by atoms with Crippen molar-refractivity contribution in [3.05, 3.63) is 0 Å². The maximum Gasteiger partial charge on any atom is 0.236 e. The van der Waals surface area contributed by atoms with Crippen molar-refractivity contribution in [3.63, 3.8) is 0 Å². The predicted molar refractivity (Wildman–Crippen MR) is 61.9 cm³/mol. The molecule has 16 heavy (non-hydrogen) atoms. The summed E-state index contributed by atoms with van der Waals surface area (Å²) >= 11 is 0. The number of carbonyl (C=O) groups excluding carboxylic acids is 1. The van der Waals surface area contributed by atoms with E-state index in [4.69, 9.17) is 15.9 Å². The van der Waals surface area contributed by atoms with Gasteiger partial charge in [-0.2, -0.15) is 0 Å². The Labute approximate surface area is 96.2 Å². The van der Waals surface area contributed by atoms with Crippen LogP contribution in [0.15, 0.2) is 0 Å². The van der Waals surface area contributed by atoms with Gasteiger partial charge in [0.25, 0.3) is 0 Å². The molecule has 0 radical (unpaired) electrons. The van der Waals surface area contributed by atoms with E-state index < -0.39 is 6.04 Å². The molecule has 0 aromatic heterocycles. The first-order chi connectivity index (χ1) is 7.65. The largest absolute Gasteiger partial charge is 0.395 e. The molecule has 6 nitrogen and oxygen atoms in total. The van der Waals surface area contributed by atoms with E-state index >= 15 is 0 Å². The minimum atomic E-state index is -0.483. The molecule has 0 bridgehead atoms. The molecule has 0 aliphatic heterocycles. The van der Waals surface area contributed by atoms with Crippen LogP contribution in [0, 0.1) is 0 Å². The second-order valence-electron chi connectivity index (χ2n) is 3.66. The standard InChI is InChI=1S/C10H23N3O3/c1-2-12-10(16)9(11)4-3-5-13-8(6-14)7-15/h8-9,13-15H,2-7,11H2,1H3,(H,12,16). The van der Waals surface area contributed by atoms with E-state index in [1.807, 2.05) is 6.92 Å². The summed E-state index contributed by atoms with van der Waals surface area (Å²) < 4.78 is 0. The van der Waals surface area contributed by atoms with E-state index in [1.54, 1.807) is 0 Å². The Morgan fingerprint density at radius 1 is 1.38 bits per heavy atom. The lowest BCUT2D eigenvalue weighted by molar-refractivity contribution is -0.122. The normalized spacial score (nSPS) is 12.8. The van der Waals surface area contributed by atoms with Gasteiger partial charge in [0.2, 0.25) is 5.91 Å². The molecule has 0 fully saturated rings. The number of hydrogen-bond acceptors (Lipinski definition) is 5.